The highest BCUT2D eigenvalue weighted by Crippen LogP contribution is 2.41. The number of hydrogen-bond acceptors (Lipinski definition) is 10. The Labute approximate surface area is 190 Å². The van der Waals surface area contributed by atoms with Gasteiger partial charge in [0, 0.05) is 18.6 Å². The second-order valence-corrected chi connectivity index (χ2v) is 9.14. The lowest BCUT2D eigenvalue weighted by atomic mass is 10.0. The normalized spacial score (nSPS) is 21.1. The average Bonchev–Trinajstić information content (AvgIpc) is 3.19. The van der Waals surface area contributed by atoms with Gasteiger partial charge in [-0.1, -0.05) is 23.9 Å². The number of carboxylic acid groups (broad SMARTS) is 1. The van der Waals surface area contributed by atoms with E-state index in [1.165, 1.54) is 57.4 Å². The van der Waals surface area contributed by atoms with E-state index in [9.17, 15) is 24.6 Å². The van der Waals surface area contributed by atoms with E-state index >= 15 is 0 Å². The van der Waals surface area contributed by atoms with E-state index in [1.807, 2.05) is 0 Å². The number of nitrogens with one attached hydrogen (secondary N) is 1. The van der Waals surface area contributed by atoms with Gasteiger partial charge < -0.3 is 21.3 Å². The maximum absolute atomic E-state index is 12.8. The number of phenols is 1. The minimum atomic E-state index is -1.21. The maximum Gasteiger partial charge on any atom is 0.352 e. The molecule has 2 aliphatic rings. The molecule has 0 saturated carbocycles. The van der Waals surface area contributed by atoms with Crippen LogP contribution in [0.1, 0.15) is 11.6 Å². The van der Waals surface area contributed by atoms with Crippen LogP contribution in [0.15, 0.2) is 40.7 Å². The summed E-state index contributed by atoms with van der Waals surface area (Å²) in [6.07, 6.45) is 0. The lowest BCUT2D eigenvalue weighted by Crippen LogP contribution is -2.71. The first-order valence-corrected chi connectivity index (χ1v) is 11.4. The molecule has 4 rings (SSSR count). The van der Waals surface area contributed by atoms with Gasteiger partial charge in [-0.05, 0) is 33.7 Å². The molecule has 2 aromatic rings. The number of aromatic hydroxyl groups is 1. The zero-order valence-corrected chi connectivity index (χ0v) is 18.3. The number of carbonyl (C=O) groups excluding carboxylic acids is 2. The van der Waals surface area contributed by atoms with Gasteiger partial charge in [-0.15, -0.1) is 16.9 Å². The Morgan fingerprint density at radius 3 is 2.72 bits per heavy atom. The van der Waals surface area contributed by atoms with Crippen LogP contribution in [-0.2, 0) is 21.4 Å². The zero-order chi connectivity index (χ0) is 23.0. The summed E-state index contributed by atoms with van der Waals surface area (Å²) < 4.78 is 1.47. The number of carboxylic acids is 1. The SMILES string of the molecule is Cn1nnnc1SCC1=C(C(=O)O)N2C(=O)[C@@H](NC(=O)C(N)c3ccc(O)cc3)[C@H]2SC1. The van der Waals surface area contributed by atoms with Crippen LogP contribution in [-0.4, -0.2) is 76.0 Å². The minimum Gasteiger partial charge on any atom is -0.508 e. The number of β-lactam (4-membered cyclic amide) rings is 1. The number of benzene rings is 1. The zero-order valence-electron chi connectivity index (χ0n) is 16.7. The Kier molecular flexibility index (Phi) is 6.08. The van der Waals surface area contributed by atoms with Crippen molar-refractivity contribution in [1.82, 2.24) is 30.4 Å². The first-order valence-electron chi connectivity index (χ1n) is 9.38. The number of hydrogen-bond donors (Lipinski definition) is 4. The van der Waals surface area contributed by atoms with Crippen LogP contribution < -0.4 is 11.1 Å². The monoisotopic (exact) mass is 477 g/mol. The number of nitrogens with zero attached hydrogens (tertiary/aromatic N) is 5. The number of fused-ring (bicyclic) bond motifs is 1. The fraction of sp³-hybridized carbons (Fsp3) is 0.333. The van der Waals surface area contributed by atoms with E-state index in [0.29, 0.717) is 27.8 Å². The van der Waals surface area contributed by atoms with Crippen LogP contribution in [0.25, 0.3) is 0 Å². The number of rotatable bonds is 7. The summed E-state index contributed by atoms with van der Waals surface area (Å²) in [5, 5.41) is 32.9. The summed E-state index contributed by atoms with van der Waals surface area (Å²) in [7, 11) is 1.68. The Morgan fingerprint density at radius 1 is 1.38 bits per heavy atom. The average molecular weight is 478 g/mol. The highest BCUT2D eigenvalue weighted by molar-refractivity contribution is 8.01. The van der Waals surface area contributed by atoms with Crippen molar-refractivity contribution in [3.8, 4) is 5.75 Å². The summed E-state index contributed by atoms with van der Waals surface area (Å²) in [5.74, 6) is -1.55. The minimum absolute atomic E-state index is 0.0437. The van der Waals surface area contributed by atoms with E-state index in [-0.39, 0.29) is 11.4 Å². The van der Waals surface area contributed by atoms with Crippen molar-refractivity contribution >= 4 is 41.3 Å². The number of carbonyl (C=O) groups is 3. The van der Waals surface area contributed by atoms with Gasteiger partial charge in [0.2, 0.25) is 11.1 Å². The van der Waals surface area contributed by atoms with Crippen LogP contribution in [0.3, 0.4) is 0 Å². The lowest BCUT2D eigenvalue weighted by Gasteiger charge is -2.49. The van der Waals surface area contributed by atoms with E-state index in [4.69, 9.17) is 5.73 Å². The molecule has 5 N–H and O–H groups in total. The third kappa shape index (κ3) is 4.03. The number of aromatic nitrogens is 4. The van der Waals surface area contributed by atoms with E-state index in [1.54, 1.807) is 7.05 Å². The third-order valence-electron chi connectivity index (χ3n) is 5.04. The molecule has 168 valence electrons. The van der Waals surface area contributed by atoms with E-state index in [0.717, 1.165) is 0 Å². The number of nitrogens with two attached hydrogens (primary N) is 1. The molecule has 0 aliphatic carbocycles. The van der Waals surface area contributed by atoms with Crippen molar-refractivity contribution in [3.63, 3.8) is 0 Å². The molecule has 1 aromatic heterocycles. The van der Waals surface area contributed by atoms with Gasteiger partial charge in [0.15, 0.2) is 0 Å². The largest absolute Gasteiger partial charge is 0.508 e. The molecule has 1 unspecified atom stereocenters. The summed E-state index contributed by atoms with van der Waals surface area (Å²) in [4.78, 5) is 38.5. The molecule has 1 fully saturated rings. The van der Waals surface area contributed by atoms with Gasteiger partial charge in [-0.3, -0.25) is 14.5 Å². The maximum atomic E-state index is 12.8. The third-order valence-corrected chi connectivity index (χ3v) is 7.48. The molecule has 12 nitrogen and oxygen atoms in total. The molecule has 14 heteroatoms. The van der Waals surface area contributed by atoms with E-state index < -0.39 is 35.2 Å². The molecular formula is C18H19N7O5S2. The topological polar surface area (TPSA) is 177 Å². The van der Waals surface area contributed by atoms with E-state index in [2.05, 4.69) is 20.8 Å². The second-order valence-electron chi connectivity index (χ2n) is 7.10. The number of thioether (sulfide) groups is 2. The molecule has 3 atom stereocenters. The van der Waals surface area contributed by atoms with Crippen molar-refractivity contribution in [1.29, 1.82) is 0 Å². The highest BCUT2D eigenvalue weighted by Gasteiger charge is 2.54. The van der Waals surface area contributed by atoms with Crippen LogP contribution >= 0.6 is 23.5 Å². The van der Waals surface area contributed by atoms with Crippen molar-refractivity contribution in [2.75, 3.05) is 11.5 Å². The molecule has 2 aliphatic heterocycles. The van der Waals surface area contributed by atoms with Crippen molar-refractivity contribution in [2.45, 2.75) is 22.6 Å². The predicted octanol–water partition coefficient (Wildman–Crippen LogP) is -0.554. The Bertz CT molecular complexity index is 1100. The fourth-order valence-electron chi connectivity index (χ4n) is 3.37. The van der Waals surface area contributed by atoms with Gasteiger partial charge in [0.25, 0.3) is 5.91 Å². The Balaban J connectivity index is 1.45. The predicted molar refractivity (Wildman–Crippen MR) is 114 cm³/mol. The van der Waals surface area contributed by atoms with Gasteiger partial charge >= 0.3 is 5.97 Å². The molecule has 3 heterocycles. The highest BCUT2D eigenvalue weighted by atomic mass is 32.2. The van der Waals surface area contributed by atoms with Crippen LogP contribution in [0.2, 0.25) is 0 Å². The first kappa shape index (κ1) is 22.1. The Hall–Kier alpha value is -3.10. The molecule has 1 saturated heterocycles. The van der Waals surface area contributed by atoms with Crippen molar-refractivity contribution in [2.24, 2.45) is 12.8 Å². The summed E-state index contributed by atoms with van der Waals surface area (Å²) in [5.41, 5.74) is 6.95. The number of phenolic OH excluding ortho intramolecular Hbond substituents is 1. The smallest absolute Gasteiger partial charge is 0.352 e. The summed E-state index contributed by atoms with van der Waals surface area (Å²) in [6.45, 7) is 0. The molecule has 1 aromatic carbocycles. The number of aliphatic carboxylic acids is 1. The number of tetrazole rings is 1. The van der Waals surface area contributed by atoms with Crippen LogP contribution in [0.4, 0.5) is 0 Å². The molecule has 0 spiro atoms. The quantitative estimate of drug-likeness (QED) is 0.297. The van der Waals surface area contributed by atoms with Crippen molar-refractivity contribution < 1.29 is 24.6 Å². The molecule has 32 heavy (non-hydrogen) atoms. The number of amides is 2. The molecule has 0 bridgehead atoms. The van der Waals surface area contributed by atoms with Gasteiger partial charge in [0.1, 0.15) is 28.9 Å². The lowest BCUT2D eigenvalue weighted by molar-refractivity contribution is -0.150. The van der Waals surface area contributed by atoms with Crippen molar-refractivity contribution in [3.05, 3.63) is 41.1 Å². The second kappa shape index (κ2) is 8.80. The summed E-state index contributed by atoms with van der Waals surface area (Å²) in [6, 6.07) is 3.96. The standard InChI is InChI=1S/C18H19N7O5S2/c1-24-18(21-22-23-24)32-7-9-6-31-16-12(15(28)25(16)13(9)17(29)30)20-14(27)11(19)8-2-4-10(26)5-3-8/h2-5,11-12,16,26H,6-7,19H2,1H3,(H,20,27)(H,29,30)/t11?,12-,16-/m1/s1. The first-order chi connectivity index (χ1) is 15.3. The fourth-order valence-corrected chi connectivity index (χ4v) is 5.70. The summed E-state index contributed by atoms with van der Waals surface area (Å²) >= 11 is 2.64. The van der Waals surface area contributed by atoms with Gasteiger partial charge in [-0.2, -0.15) is 0 Å². The molecule has 2 amide bonds. The van der Waals surface area contributed by atoms with Crippen LogP contribution in [0, 0.1) is 0 Å². The Morgan fingerprint density at radius 2 is 2.09 bits per heavy atom. The molecular weight excluding hydrogens is 458 g/mol. The van der Waals surface area contributed by atoms with Crippen LogP contribution in [0.5, 0.6) is 5.75 Å². The number of aryl methyl sites for hydroxylation is 1. The van der Waals surface area contributed by atoms with Gasteiger partial charge in [-0.25, -0.2) is 9.48 Å². The van der Waals surface area contributed by atoms with Gasteiger partial charge in [0.05, 0.1) is 0 Å². The molecule has 0 radical (unpaired) electrons.